The molecule has 6 heteroatoms. The fourth-order valence-electron chi connectivity index (χ4n) is 1.11. The number of alkyl halides is 1. The second-order valence-electron chi connectivity index (χ2n) is 3.08. The van der Waals surface area contributed by atoms with Gasteiger partial charge in [-0.1, -0.05) is 21.1 Å². The predicted octanol–water partition coefficient (Wildman–Crippen LogP) is 1.12. The number of carbonyl (C=O) groups excluding carboxylic acids is 1. The van der Waals surface area contributed by atoms with Crippen molar-refractivity contribution in [2.45, 2.75) is 13.0 Å². The third-order valence-corrected chi connectivity index (χ3v) is 2.67. The van der Waals surface area contributed by atoms with Crippen LogP contribution in [0.25, 0.3) is 0 Å². The van der Waals surface area contributed by atoms with Gasteiger partial charge in [-0.2, -0.15) is 0 Å². The molecule has 1 atom stereocenters. The van der Waals surface area contributed by atoms with Crippen LogP contribution in [-0.2, 0) is 4.74 Å². The van der Waals surface area contributed by atoms with Crippen molar-refractivity contribution >= 4 is 21.8 Å². The fraction of sp³-hybridized carbons (Fsp3) is 0.556. The molecule has 0 radical (unpaired) electrons. The summed E-state index contributed by atoms with van der Waals surface area (Å²) in [6.07, 6.45) is 1.41. The zero-order valence-corrected chi connectivity index (χ0v) is 10.2. The molecule has 5 nitrogen and oxygen atoms in total. The van der Waals surface area contributed by atoms with Crippen molar-refractivity contribution in [2.75, 3.05) is 19.0 Å². The summed E-state index contributed by atoms with van der Waals surface area (Å²) in [6.45, 7) is 2.16. The summed E-state index contributed by atoms with van der Waals surface area (Å²) < 4.78 is 9.77. The van der Waals surface area contributed by atoms with Gasteiger partial charge in [-0.05, 0) is 6.92 Å². The van der Waals surface area contributed by atoms with Gasteiger partial charge in [0.25, 0.3) is 5.91 Å². The van der Waals surface area contributed by atoms with Crippen molar-refractivity contribution in [1.82, 2.24) is 10.5 Å². The molecule has 0 aliphatic heterocycles. The van der Waals surface area contributed by atoms with E-state index in [9.17, 15) is 4.79 Å². The molecular formula is C9H13BrN2O3. The summed E-state index contributed by atoms with van der Waals surface area (Å²) in [5.41, 5.74) is 0.456. The predicted molar refractivity (Wildman–Crippen MR) is 58.2 cm³/mol. The lowest BCUT2D eigenvalue weighted by Crippen LogP contribution is -2.39. The van der Waals surface area contributed by atoms with E-state index in [1.165, 1.54) is 6.20 Å². The molecule has 1 heterocycles. The highest BCUT2D eigenvalue weighted by atomic mass is 79.9. The summed E-state index contributed by atoms with van der Waals surface area (Å²) >= 11 is 3.29. The van der Waals surface area contributed by atoms with Crippen LogP contribution in [0.1, 0.15) is 16.1 Å². The standard InChI is InChI=1S/C9H13BrN2O3/c1-6-8(4-11-15-6)9(13)12-7(3-10)5-14-2/h4,7H,3,5H2,1-2H3,(H,12,13). The maximum absolute atomic E-state index is 11.7. The number of hydrogen-bond donors (Lipinski definition) is 1. The van der Waals surface area contributed by atoms with Crippen LogP contribution in [0.15, 0.2) is 10.7 Å². The molecule has 1 N–H and O–H groups in total. The minimum Gasteiger partial charge on any atom is -0.383 e. The van der Waals surface area contributed by atoms with Gasteiger partial charge in [0.05, 0.1) is 18.8 Å². The number of amides is 1. The van der Waals surface area contributed by atoms with Crippen molar-refractivity contribution in [1.29, 1.82) is 0 Å². The largest absolute Gasteiger partial charge is 0.383 e. The number of carbonyl (C=O) groups is 1. The third-order valence-electron chi connectivity index (χ3n) is 1.88. The van der Waals surface area contributed by atoms with Gasteiger partial charge >= 0.3 is 0 Å². The molecule has 0 fully saturated rings. The smallest absolute Gasteiger partial charge is 0.256 e. The molecule has 1 amide bonds. The van der Waals surface area contributed by atoms with Crippen molar-refractivity contribution < 1.29 is 14.1 Å². The van der Waals surface area contributed by atoms with E-state index < -0.39 is 0 Å². The van der Waals surface area contributed by atoms with E-state index in [1.807, 2.05) is 0 Å². The van der Waals surface area contributed by atoms with Crippen LogP contribution in [0.3, 0.4) is 0 Å². The number of hydrogen-bond acceptors (Lipinski definition) is 4. The molecule has 0 aliphatic carbocycles. The number of halogens is 1. The van der Waals surface area contributed by atoms with Crippen molar-refractivity contribution in [3.05, 3.63) is 17.5 Å². The average Bonchev–Trinajstić information content (AvgIpc) is 2.63. The third kappa shape index (κ3) is 3.32. The Morgan fingerprint density at radius 2 is 2.53 bits per heavy atom. The lowest BCUT2D eigenvalue weighted by molar-refractivity contribution is 0.0906. The molecule has 0 saturated carbocycles. The summed E-state index contributed by atoms with van der Waals surface area (Å²) in [5, 5.41) is 6.98. The van der Waals surface area contributed by atoms with Gasteiger partial charge in [0.15, 0.2) is 0 Å². The van der Waals surface area contributed by atoms with Gasteiger partial charge < -0.3 is 14.6 Å². The molecule has 0 aromatic carbocycles. The number of nitrogens with one attached hydrogen (secondary N) is 1. The molecule has 84 valence electrons. The monoisotopic (exact) mass is 276 g/mol. The normalized spacial score (nSPS) is 12.5. The van der Waals surface area contributed by atoms with Gasteiger partial charge in [-0.15, -0.1) is 0 Å². The minimum absolute atomic E-state index is 0.0585. The van der Waals surface area contributed by atoms with Gasteiger partial charge in [-0.3, -0.25) is 4.79 Å². The van der Waals surface area contributed by atoms with E-state index in [0.29, 0.717) is 23.3 Å². The minimum atomic E-state index is -0.199. The first-order valence-corrected chi connectivity index (χ1v) is 5.58. The topological polar surface area (TPSA) is 64.4 Å². The highest BCUT2D eigenvalue weighted by molar-refractivity contribution is 9.09. The second-order valence-corrected chi connectivity index (χ2v) is 3.72. The van der Waals surface area contributed by atoms with Crippen LogP contribution >= 0.6 is 15.9 Å². The van der Waals surface area contributed by atoms with Crippen LogP contribution in [0, 0.1) is 6.92 Å². The number of nitrogens with zero attached hydrogens (tertiary/aromatic N) is 1. The average molecular weight is 277 g/mol. The first-order chi connectivity index (χ1) is 7.19. The molecule has 0 saturated heterocycles. The number of methoxy groups -OCH3 is 1. The molecular weight excluding hydrogens is 264 g/mol. The molecule has 1 aromatic rings. The van der Waals surface area contributed by atoms with E-state index in [-0.39, 0.29) is 11.9 Å². The Morgan fingerprint density at radius 3 is 3.00 bits per heavy atom. The lowest BCUT2D eigenvalue weighted by Gasteiger charge is -2.14. The molecule has 0 bridgehead atoms. The summed E-state index contributed by atoms with van der Waals surface area (Å²) in [7, 11) is 1.59. The Morgan fingerprint density at radius 1 is 1.80 bits per heavy atom. The maximum Gasteiger partial charge on any atom is 0.256 e. The SMILES string of the molecule is COCC(CBr)NC(=O)c1cnoc1C. The van der Waals surface area contributed by atoms with Crippen LogP contribution in [-0.4, -0.2) is 36.2 Å². The Balaban J connectivity index is 2.58. The van der Waals surface area contributed by atoms with Crippen LogP contribution in [0.2, 0.25) is 0 Å². The number of ether oxygens (including phenoxy) is 1. The quantitative estimate of drug-likeness (QED) is 0.819. The Labute approximate surface area is 96.3 Å². The van der Waals surface area contributed by atoms with Crippen molar-refractivity contribution in [2.24, 2.45) is 0 Å². The zero-order chi connectivity index (χ0) is 11.3. The maximum atomic E-state index is 11.7. The first kappa shape index (κ1) is 12.2. The number of aryl methyl sites for hydroxylation is 1. The lowest BCUT2D eigenvalue weighted by atomic mass is 10.2. The molecule has 15 heavy (non-hydrogen) atoms. The van der Waals surface area contributed by atoms with E-state index >= 15 is 0 Å². The van der Waals surface area contributed by atoms with Gasteiger partial charge in [0, 0.05) is 12.4 Å². The summed E-state index contributed by atoms with van der Waals surface area (Å²) in [6, 6.07) is -0.0585. The Hall–Kier alpha value is -0.880. The van der Waals surface area contributed by atoms with Crippen molar-refractivity contribution in [3.63, 3.8) is 0 Å². The van der Waals surface area contributed by atoms with Crippen LogP contribution < -0.4 is 5.32 Å². The van der Waals surface area contributed by atoms with Crippen LogP contribution in [0.4, 0.5) is 0 Å². The molecule has 1 rings (SSSR count). The number of rotatable bonds is 5. The second kappa shape index (κ2) is 5.87. The van der Waals surface area contributed by atoms with Crippen LogP contribution in [0.5, 0.6) is 0 Å². The highest BCUT2D eigenvalue weighted by Gasteiger charge is 2.16. The van der Waals surface area contributed by atoms with Gasteiger partial charge in [-0.25, -0.2) is 0 Å². The summed E-state index contributed by atoms with van der Waals surface area (Å²) in [4.78, 5) is 11.7. The van der Waals surface area contributed by atoms with Crippen molar-refractivity contribution in [3.8, 4) is 0 Å². The van der Waals surface area contributed by atoms with Gasteiger partial charge in [0.2, 0.25) is 0 Å². The molecule has 1 aromatic heterocycles. The van der Waals surface area contributed by atoms with Gasteiger partial charge in [0.1, 0.15) is 11.3 Å². The zero-order valence-electron chi connectivity index (χ0n) is 8.62. The van der Waals surface area contributed by atoms with E-state index in [0.717, 1.165) is 0 Å². The molecule has 1 unspecified atom stereocenters. The van der Waals surface area contributed by atoms with E-state index in [2.05, 4.69) is 26.4 Å². The fourth-order valence-corrected chi connectivity index (χ4v) is 1.45. The highest BCUT2D eigenvalue weighted by Crippen LogP contribution is 2.06. The molecule has 0 spiro atoms. The molecule has 0 aliphatic rings. The van der Waals surface area contributed by atoms with E-state index in [4.69, 9.17) is 9.26 Å². The Bertz CT molecular complexity index is 327. The number of aromatic nitrogens is 1. The summed E-state index contributed by atoms with van der Waals surface area (Å²) in [5.74, 6) is 0.313. The first-order valence-electron chi connectivity index (χ1n) is 4.46. The van der Waals surface area contributed by atoms with E-state index in [1.54, 1.807) is 14.0 Å². The Kier molecular flexibility index (Phi) is 4.77.